The Morgan fingerprint density at radius 3 is 2.33 bits per heavy atom. The number of ketones is 1. The molecule has 2 aliphatic rings. The molecule has 2 heterocycles. The number of nitrogens with zero attached hydrogens (tertiary/aromatic N) is 1. The molecule has 0 bridgehead atoms. The number of hydrogen-bond donors (Lipinski definition) is 1. The molecule has 1 aromatic heterocycles. The van der Waals surface area contributed by atoms with Gasteiger partial charge in [0.2, 0.25) is 0 Å². The number of benzene rings is 1. The Kier molecular flexibility index (Phi) is 7.64. The summed E-state index contributed by atoms with van der Waals surface area (Å²) in [5.41, 5.74) is 4.05. The maximum atomic E-state index is 14.1. The van der Waals surface area contributed by atoms with E-state index < -0.39 is 23.8 Å². The first-order chi connectivity index (χ1) is 17.4. The van der Waals surface area contributed by atoms with Crippen LogP contribution >= 0.6 is 11.3 Å². The van der Waals surface area contributed by atoms with Crippen molar-refractivity contribution in [2.75, 3.05) is 32.2 Å². The molecule has 3 atom stereocenters. The fraction of sp³-hybridized carbons (Fsp3) is 0.393. The van der Waals surface area contributed by atoms with Crippen LogP contribution in [0, 0.1) is 5.92 Å². The molecule has 0 amide bonds. The summed E-state index contributed by atoms with van der Waals surface area (Å²) in [7, 11) is 2.64. The molecule has 0 saturated carbocycles. The monoisotopic (exact) mass is 508 g/mol. The van der Waals surface area contributed by atoms with Crippen LogP contribution in [-0.2, 0) is 23.9 Å². The molecular formula is C28H32N2O5S. The van der Waals surface area contributed by atoms with Crippen molar-refractivity contribution in [1.82, 2.24) is 5.32 Å². The summed E-state index contributed by atoms with van der Waals surface area (Å²) < 4.78 is 10.2. The normalized spacial score (nSPS) is 21.6. The van der Waals surface area contributed by atoms with E-state index in [9.17, 15) is 14.4 Å². The number of thiophene rings is 1. The number of hydrogen-bond acceptors (Lipinski definition) is 8. The Bertz CT molecular complexity index is 1210. The molecule has 1 aromatic carbocycles. The highest BCUT2D eigenvalue weighted by Gasteiger charge is 2.49. The van der Waals surface area contributed by atoms with Crippen molar-refractivity contribution in [1.29, 1.82) is 0 Å². The van der Waals surface area contributed by atoms with Crippen LogP contribution in [0.5, 0.6) is 0 Å². The van der Waals surface area contributed by atoms with E-state index in [2.05, 4.69) is 24.1 Å². The molecule has 1 N–H and O–H groups in total. The van der Waals surface area contributed by atoms with E-state index in [1.165, 1.54) is 25.6 Å². The lowest BCUT2D eigenvalue weighted by molar-refractivity contribution is -0.149. The van der Waals surface area contributed by atoms with E-state index in [0.29, 0.717) is 23.3 Å². The maximum Gasteiger partial charge on any atom is 0.336 e. The van der Waals surface area contributed by atoms with Gasteiger partial charge in [-0.1, -0.05) is 18.2 Å². The molecule has 0 radical (unpaired) electrons. The molecule has 7 nitrogen and oxygen atoms in total. The van der Waals surface area contributed by atoms with Gasteiger partial charge in [-0.25, -0.2) is 4.79 Å². The summed E-state index contributed by atoms with van der Waals surface area (Å²) in [6.07, 6.45) is 0.460. The van der Waals surface area contributed by atoms with Crippen molar-refractivity contribution >= 4 is 34.7 Å². The number of Topliss-reactive ketones (excluding diaryl/α,β-unsaturated/α-hetero) is 1. The van der Waals surface area contributed by atoms with Crippen LogP contribution in [0.2, 0.25) is 0 Å². The molecule has 2 aromatic rings. The van der Waals surface area contributed by atoms with E-state index in [1.54, 1.807) is 0 Å². The second-order valence-electron chi connectivity index (χ2n) is 8.94. The number of carbonyl (C=O) groups is 3. The Balaban J connectivity index is 1.86. The number of allylic oxidation sites excluding steroid dienone is 3. The van der Waals surface area contributed by atoms with Gasteiger partial charge in [0.1, 0.15) is 5.92 Å². The Hall–Kier alpha value is -3.39. The molecule has 8 heteroatoms. The molecule has 190 valence electrons. The summed E-state index contributed by atoms with van der Waals surface area (Å²) in [6, 6.07) is 11.8. The molecule has 0 spiro atoms. The summed E-state index contributed by atoms with van der Waals surface area (Å²) in [6.45, 7) is 7.76. The number of rotatable bonds is 7. The minimum atomic E-state index is -0.982. The summed E-state index contributed by atoms with van der Waals surface area (Å²) >= 11 is 1.52. The van der Waals surface area contributed by atoms with Gasteiger partial charge in [-0.05, 0) is 56.3 Å². The Morgan fingerprint density at radius 1 is 1.08 bits per heavy atom. The van der Waals surface area contributed by atoms with Crippen LogP contribution in [0.25, 0.3) is 0 Å². The lowest BCUT2D eigenvalue weighted by Gasteiger charge is -2.39. The topological polar surface area (TPSA) is 84.9 Å². The van der Waals surface area contributed by atoms with E-state index >= 15 is 0 Å². The lowest BCUT2D eigenvalue weighted by atomic mass is 9.68. The first kappa shape index (κ1) is 25.7. The van der Waals surface area contributed by atoms with Crippen molar-refractivity contribution in [2.24, 2.45) is 5.92 Å². The molecular weight excluding hydrogens is 476 g/mol. The predicted octanol–water partition coefficient (Wildman–Crippen LogP) is 4.53. The Labute approximate surface area is 215 Å². The maximum absolute atomic E-state index is 14.1. The van der Waals surface area contributed by atoms with Gasteiger partial charge in [0.05, 0.1) is 19.8 Å². The van der Waals surface area contributed by atoms with Gasteiger partial charge in [-0.3, -0.25) is 9.59 Å². The zero-order valence-electron chi connectivity index (χ0n) is 21.3. The van der Waals surface area contributed by atoms with E-state index in [1.807, 2.05) is 48.7 Å². The highest BCUT2D eigenvalue weighted by molar-refractivity contribution is 7.10. The second kappa shape index (κ2) is 10.7. The largest absolute Gasteiger partial charge is 0.468 e. The number of carbonyl (C=O) groups excluding carboxylic acids is 3. The van der Waals surface area contributed by atoms with Crippen molar-refractivity contribution in [3.05, 3.63) is 74.8 Å². The molecule has 0 unspecified atom stereocenters. The molecule has 0 saturated heterocycles. The number of nitrogens with one attached hydrogen (secondary N) is 1. The van der Waals surface area contributed by atoms with Crippen LogP contribution in [0.3, 0.4) is 0 Å². The fourth-order valence-corrected chi connectivity index (χ4v) is 6.25. The zero-order valence-corrected chi connectivity index (χ0v) is 22.1. The Morgan fingerprint density at radius 2 is 1.78 bits per heavy atom. The standard InChI is InChI=1S/C28H32N2O5S/c1-6-30(7-2)18-12-10-17(11-13-18)23-22(27(32)34-4)16(3)29-20-15-19(21-9-8-14-36-21)24(28(33)35-5)26(31)25(20)23/h8-14,19,23-24,29H,6-7,15H2,1-5H3/t19-,23-,24-/m1/s1. The smallest absolute Gasteiger partial charge is 0.336 e. The lowest BCUT2D eigenvalue weighted by Crippen LogP contribution is -2.43. The first-order valence-electron chi connectivity index (χ1n) is 12.2. The van der Waals surface area contributed by atoms with Gasteiger partial charge in [0, 0.05) is 52.5 Å². The van der Waals surface area contributed by atoms with Crippen LogP contribution in [0.4, 0.5) is 5.69 Å². The third-order valence-electron chi connectivity index (χ3n) is 7.14. The predicted molar refractivity (Wildman–Crippen MR) is 140 cm³/mol. The summed E-state index contributed by atoms with van der Waals surface area (Å²) in [5, 5.41) is 5.25. The van der Waals surface area contributed by atoms with Gasteiger partial charge in [0.25, 0.3) is 0 Å². The molecule has 0 fully saturated rings. The second-order valence-corrected chi connectivity index (χ2v) is 9.91. The number of dihydropyridines is 1. The number of ether oxygens (including phenoxy) is 2. The van der Waals surface area contributed by atoms with Crippen LogP contribution in [-0.4, -0.2) is 45.0 Å². The molecule has 1 aliphatic heterocycles. The van der Waals surface area contributed by atoms with E-state index in [0.717, 1.165) is 34.9 Å². The zero-order chi connectivity index (χ0) is 26.0. The van der Waals surface area contributed by atoms with Crippen LogP contribution in [0.1, 0.15) is 49.5 Å². The van der Waals surface area contributed by atoms with Gasteiger partial charge >= 0.3 is 11.9 Å². The fourth-order valence-electron chi connectivity index (χ4n) is 5.38. The van der Waals surface area contributed by atoms with Gasteiger partial charge in [-0.2, -0.15) is 0 Å². The highest BCUT2D eigenvalue weighted by atomic mass is 32.1. The number of anilines is 1. The quantitative estimate of drug-likeness (QED) is 0.435. The van der Waals surface area contributed by atoms with Crippen molar-refractivity contribution in [2.45, 2.75) is 39.0 Å². The van der Waals surface area contributed by atoms with Crippen LogP contribution in [0.15, 0.2) is 64.3 Å². The first-order valence-corrected chi connectivity index (χ1v) is 13.0. The van der Waals surface area contributed by atoms with Crippen molar-refractivity contribution in [3.63, 3.8) is 0 Å². The third-order valence-corrected chi connectivity index (χ3v) is 8.15. The van der Waals surface area contributed by atoms with Crippen molar-refractivity contribution < 1.29 is 23.9 Å². The highest BCUT2D eigenvalue weighted by Crippen LogP contribution is 2.48. The van der Waals surface area contributed by atoms with Crippen molar-refractivity contribution in [3.8, 4) is 0 Å². The average molecular weight is 509 g/mol. The minimum absolute atomic E-state index is 0.319. The SMILES string of the molecule is CCN(CC)c1ccc([C@@H]2C(C(=O)OC)=C(C)NC3=C2C(=O)[C@H](C(=O)OC)[C@@H](c2cccs2)C3)cc1. The number of esters is 2. The summed E-state index contributed by atoms with van der Waals surface area (Å²) in [5.74, 6) is -3.36. The van der Waals surface area contributed by atoms with Gasteiger partial charge in [0.15, 0.2) is 5.78 Å². The van der Waals surface area contributed by atoms with Gasteiger partial charge < -0.3 is 19.7 Å². The van der Waals surface area contributed by atoms with Crippen LogP contribution < -0.4 is 10.2 Å². The van der Waals surface area contributed by atoms with Gasteiger partial charge in [-0.15, -0.1) is 11.3 Å². The molecule has 36 heavy (non-hydrogen) atoms. The third kappa shape index (κ3) is 4.46. The number of methoxy groups -OCH3 is 2. The minimum Gasteiger partial charge on any atom is -0.468 e. The van der Waals surface area contributed by atoms with E-state index in [-0.39, 0.29) is 11.7 Å². The van der Waals surface area contributed by atoms with E-state index in [4.69, 9.17) is 9.47 Å². The molecule has 4 rings (SSSR count). The summed E-state index contributed by atoms with van der Waals surface area (Å²) in [4.78, 5) is 43.2. The molecule has 1 aliphatic carbocycles. The average Bonchev–Trinajstić information content (AvgIpc) is 3.43.